The van der Waals surface area contributed by atoms with Crippen LogP contribution in [0.15, 0.2) is 60.7 Å². The van der Waals surface area contributed by atoms with Crippen molar-refractivity contribution in [2.45, 2.75) is 19.1 Å². The minimum absolute atomic E-state index is 0.0459. The molecule has 0 bridgehead atoms. The highest BCUT2D eigenvalue weighted by Gasteiger charge is 2.19. The van der Waals surface area contributed by atoms with Gasteiger partial charge in [0.15, 0.2) is 0 Å². The summed E-state index contributed by atoms with van der Waals surface area (Å²) in [5.41, 5.74) is 1.76. The van der Waals surface area contributed by atoms with Gasteiger partial charge in [0, 0.05) is 11.0 Å². The zero-order valence-corrected chi connectivity index (χ0v) is 13.9. The van der Waals surface area contributed by atoms with Gasteiger partial charge in [-0.05, 0) is 11.1 Å². The monoisotopic (exact) mass is 348 g/mol. The number of amides is 1. The second-order valence-electron chi connectivity index (χ2n) is 5.03. The first-order chi connectivity index (χ1) is 11.6. The molecule has 2 atom stereocenters. The van der Waals surface area contributed by atoms with E-state index >= 15 is 0 Å². The highest BCUT2D eigenvalue weighted by Crippen LogP contribution is 2.21. The standard InChI is InChI=1S/C17H18NO5P/c19-17(22-13-14-7-3-1-4-8-14)18-16(11-12-23-24(20)21)15-9-5-2-6-10-15/h1-10,16H,11-13H2,(H-,18,19,20,21)/p+1. The van der Waals surface area contributed by atoms with Gasteiger partial charge < -0.3 is 10.1 Å². The maximum Gasteiger partial charge on any atom is 0.694 e. The van der Waals surface area contributed by atoms with Gasteiger partial charge in [0.05, 0.1) is 6.04 Å². The summed E-state index contributed by atoms with van der Waals surface area (Å²) in [6.07, 6.45) is -0.201. The Hall–Kier alpha value is -2.27. The van der Waals surface area contributed by atoms with Crippen molar-refractivity contribution < 1.29 is 23.5 Å². The lowest BCUT2D eigenvalue weighted by Crippen LogP contribution is -2.29. The Morgan fingerprint density at radius 2 is 1.71 bits per heavy atom. The van der Waals surface area contributed by atoms with Crippen molar-refractivity contribution in [1.29, 1.82) is 0 Å². The lowest BCUT2D eigenvalue weighted by Gasteiger charge is -2.18. The predicted octanol–water partition coefficient (Wildman–Crippen LogP) is 3.71. The van der Waals surface area contributed by atoms with Crippen molar-refractivity contribution in [1.82, 2.24) is 5.32 Å². The molecule has 1 amide bonds. The van der Waals surface area contributed by atoms with Crippen molar-refractivity contribution >= 4 is 14.3 Å². The summed E-state index contributed by atoms with van der Waals surface area (Å²) < 4.78 is 20.5. The summed E-state index contributed by atoms with van der Waals surface area (Å²) in [5.74, 6) is 0. The molecule has 0 aliphatic rings. The Morgan fingerprint density at radius 1 is 1.08 bits per heavy atom. The van der Waals surface area contributed by atoms with Crippen molar-refractivity contribution in [2.75, 3.05) is 6.61 Å². The molecule has 0 saturated heterocycles. The van der Waals surface area contributed by atoms with Gasteiger partial charge in [-0.3, -0.25) is 0 Å². The fraction of sp³-hybridized carbons (Fsp3) is 0.235. The molecule has 2 N–H and O–H groups in total. The molecule has 7 heteroatoms. The van der Waals surface area contributed by atoms with Crippen LogP contribution in [0, 0.1) is 0 Å². The van der Waals surface area contributed by atoms with Crippen LogP contribution < -0.4 is 5.32 Å². The van der Waals surface area contributed by atoms with Gasteiger partial charge in [-0.15, -0.1) is 9.42 Å². The molecular weight excluding hydrogens is 329 g/mol. The number of ether oxygens (including phenoxy) is 1. The van der Waals surface area contributed by atoms with E-state index in [0.29, 0.717) is 6.42 Å². The van der Waals surface area contributed by atoms with E-state index in [2.05, 4.69) is 9.84 Å². The van der Waals surface area contributed by atoms with Gasteiger partial charge in [-0.1, -0.05) is 60.7 Å². The normalized spacial score (nSPS) is 12.3. The van der Waals surface area contributed by atoms with E-state index in [0.717, 1.165) is 11.1 Å². The molecule has 0 saturated carbocycles. The Bertz CT molecular complexity index is 651. The number of carbonyl (C=O) groups excluding carboxylic acids is 1. The van der Waals surface area contributed by atoms with Crippen molar-refractivity contribution in [3.8, 4) is 0 Å². The molecule has 126 valence electrons. The SMILES string of the molecule is O=C(NC(CCO[P+](=O)O)c1ccccc1)OCc1ccccc1. The number of benzene rings is 2. The topological polar surface area (TPSA) is 84.9 Å². The molecule has 0 spiro atoms. The van der Waals surface area contributed by atoms with Crippen LogP contribution in [0.4, 0.5) is 4.79 Å². The van der Waals surface area contributed by atoms with Crippen LogP contribution in [0.3, 0.4) is 0 Å². The molecule has 0 radical (unpaired) electrons. The largest absolute Gasteiger partial charge is 0.694 e. The lowest BCUT2D eigenvalue weighted by molar-refractivity contribution is 0.133. The van der Waals surface area contributed by atoms with E-state index in [1.54, 1.807) is 0 Å². The van der Waals surface area contributed by atoms with Crippen LogP contribution in [-0.4, -0.2) is 17.6 Å². The number of alkyl carbamates (subject to hydrolysis) is 1. The summed E-state index contributed by atoms with van der Waals surface area (Å²) in [6.45, 7) is 0.220. The van der Waals surface area contributed by atoms with Gasteiger partial charge in [-0.2, -0.15) is 0 Å². The number of hydrogen-bond acceptors (Lipinski definition) is 4. The molecule has 2 unspecified atom stereocenters. The van der Waals surface area contributed by atoms with Crippen LogP contribution in [0.25, 0.3) is 0 Å². The minimum Gasteiger partial charge on any atom is -0.445 e. The second-order valence-corrected chi connectivity index (χ2v) is 5.76. The van der Waals surface area contributed by atoms with Crippen LogP contribution in [0.1, 0.15) is 23.6 Å². The fourth-order valence-corrected chi connectivity index (χ4v) is 2.42. The van der Waals surface area contributed by atoms with Gasteiger partial charge >= 0.3 is 14.3 Å². The van der Waals surface area contributed by atoms with Crippen LogP contribution >= 0.6 is 8.25 Å². The summed E-state index contributed by atoms with van der Waals surface area (Å²) in [6, 6.07) is 18.3. The maximum atomic E-state index is 12.0. The van der Waals surface area contributed by atoms with Crippen molar-refractivity contribution in [3.63, 3.8) is 0 Å². The summed E-state index contributed by atoms with van der Waals surface area (Å²) in [5, 5.41) is 2.76. The smallest absolute Gasteiger partial charge is 0.445 e. The Balaban J connectivity index is 1.91. The number of carbonyl (C=O) groups is 1. The number of hydrogen-bond donors (Lipinski definition) is 2. The first-order valence-corrected chi connectivity index (χ1v) is 8.59. The van der Waals surface area contributed by atoms with E-state index in [1.807, 2.05) is 60.7 Å². The molecular formula is C17H19NO5P+. The van der Waals surface area contributed by atoms with Gasteiger partial charge in [0.1, 0.15) is 13.2 Å². The average molecular weight is 348 g/mol. The first-order valence-electron chi connectivity index (χ1n) is 7.46. The molecule has 0 heterocycles. The van der Waals surface area contributed by atoms with E-state index in [9.17, 15) is 9.36 Å². The van der Waals surface area contributed by atoms with Crippen molar-refractivity contribution in [3.05, 3.63) is 71.8 Å². The lowest BCUT2D eigenvalue weighted by atomic mass is 10.0. The molecule has 24 heavy (non-hydrogen) atoms. The molecule has 2 aromatic carbocycles. The number of nitrogens with one attached hydrogen (secondary N) is 1. The third-order valence-corrected chi connectivity index (χ3v) is 3.72. The molecule has 0 aliphatic heterocycles. The Labute approximate surface area is 141 Å². The van der Waals surface area contributed by atoms with E-state index in [4.69, 9.17) is 9.63 Å². The minimum atomic E-state index is -2.65. The second kappa shape index (κ2) is 9.78. The first kappa shape index (κ1) is 18.1. The van der Waals surface area contributed by atoms with Gasteiger partial charge in [0.2, 0.25) is 0 Å². The highest BCUT2D eigenvalue weighted by atomic mass is 31.1. The molecule has 0 aromatic heterocycles. The zero-order valence-electron chi connectivity index (χ0n) is 13.0. The molecule has 0 fully saturated rings. The molecule has 0 aliphatic carbocycles. The van der Waals surface area contributed by atoms with Crippen molar-refractivity contribution in [2.24, 2.45) is 0 Å². The van der Waals surface area contributed by atoms with Crippen LogP contribution in [-0.2, 0) is 20.4 Å². The fourth-order valence-electron chi connectivity index (χ4n) is 2.16. The molecule has 6 nitrogen and oxygen atoms in total. The predicted molar refractivity (Wildman–Crippen MR) is 89.3 cm³/mol. The molecule has 2 rings (SSSR count). The van der Waals surface area contributed by atoms with Crippen LogP contribution in [0.2, 0.25) is 0 Å². The van der Waals surface area contributed by atoms with Crippen LogP contribution in [0.5, 0.6) is 0 Å². The highest BCUT2D eigenvalue weighted by molar-refractivity contribution is 7.32. The summed E-state index contributed by atoms with van der Waals surface area (Å²) in [4.78, 5) is 20.7. The van der Waals surface area contributed by atoms with Gasteiger partial charge in [-0.25, -0.2) is 4.79 Å². The Kier molecular flexibility index (Phi) is 7.36. The quantitative estimate of drug-likeness (QED) is 0.711. The van der Waals surface area contributed by atoms with E-state index < -0.39 is 14.3 Å². The summed E-state index contributed by atoms with van der Waals surface area (Å²) in [7, 11) is -2.65. The van der Waals surface area contributed by atoms with Gasteiger partial charge in [0.25, 0.3) is 0 Å². The van der Waals surface area contributed by atoms with E-state index in [-0.39, 0.29) is 19.3 Å². The summed E-state index contributed by atoms with van der Waals surface area (Å²) >= 11 is 0. The number of rotatable bonds is 8. The Morgan fingerprint density at radius 3 is 2.33 bits per heavy atom. The maximum absolute atomic E-state index is 12.0. The average Bonchev–Trinajstić information content (AvgIpc) is 2.60. The third kappa shape index (κ3) is 6.46. The van der Waals surface area contributed by atoms with E-state index in [1.165, 1.54) is 0 Å². The zero-order chi connectivity index (χ0) is 17.2. The third-order valence-electron chi connectivity index (χ3n) is 3.32. The molecule has 2 aromatic rings.